The maximum absolute atomic E-state index is 12.3. The molecule has 1 unspecified atom stereocenters. The van der Waals surface area contributed by atoms with Gasteiger partial charge in [-0.05, 0) is 41.8 Å². The number of aliphatic hydroxyl groups is 1. The molecule has 0 saturated carbocycles. The first-order valence-electron chi connectivity index (χ1n) is 8.16. The molecule has 0 aromatic heterocycles. The molecule has 1 heterocycles. The molecule has 1 atom stereocenters. The molecular weight excluding hydrogens is 342 g/mol. The summed E-state index contributed by atoms with van der Waals surface area (Å²) in [5.41, 5.74) is 1.63. The molecule has 2 aromatic rings. The molecule has 0 spiro atoms. The van der Waals surface area contributed by atoms with E-state index < -0.39 is 16.1 Å². The van der Waals surface area contributed by atoms with Crippen LogP contribution in [0.1, 0.15) is 24.2 Å². The fourth-order valence-electron chi connectivity index (χ4n) is 2.56. The molecule has 3 rings (SSSR count). The Labute approximate surface area is 147 Å². The third-order valence-corrected chi connectivity index (χ3v) is 5.50. The van der Waals surface area contributed by atoms with Crippen LogP contribution in [0.5, 0.6) is 11.5 Å². The molecular formula is C18H21NO5S. The van der Waals surface area contributed by atoms with Crippen molar-refractivity contribution in [3.05, 3.63) is 53.6 Å². The SMILES string of the molecule is CCc1ccc(S(=O)(=O)NCC(O)c2ccc3c(c2)OCCO3)cc1. The predicted molar refractivity (Wildman–Crippen MR) is 93.4 cm³/mol. The second kappa shape index (κ2) is 7.43. The number of hydrogen-bond acceptors (Lipinski definition) is 5. The van der Waals surface area contributed by atoms with Crippen molar-refractivity contribution in [1.82, 2.24) is 4.72 Å². The van der Waals surface area contributed by atoms with E-state index in [1.54, 1.807) is 42.5 Å². The summed E-state index contributed by atoms with van der Waals surface area (Å²) in [6.07, 6.45) is -0.142. The first kappa shape index (κ1) is 17.7. The van der Waals surface area contributed by atoms with Crippen LogP contribution in [-0.2, 0) is 16.4 Å². The van der Waals surface area contributed by atoms with Gasteiger partial charge in [-0.1, -0.05) is 25.1 Å². The highest BCUT2D eigenvalue weighted by atomic mass is 32.2. The van der Waals surface area contributed by atoms with Gasteiger partial charge in [-0.3, -0.25) is 0 Å². The lowest BCUT2D eigenvalue weighted by atomic mass is 10.1. The lowest BCUT2D eigenvalue weighted by Gasteiger charge is -2.20. The minimum absolute atomic E-state index is 0.127. The summed E-state index contributed by atoms with van der Waals surface area (Å²) in [5.74, 6) is 1.18. The average Bonchev–Trinajstić information content (AvgIpc) is 2.65. The van der Waals surface area contributed by atoms with E-state index in [0.29, 0.717) is 30.3 Å². The zero-order valence-corrected chi connectivity index (χ0v) is 14.8. The van der Waals surface area contributed by atoms with Crippen LogP contribution in [0.3, 0.4) is 0 Å². The third kappa shape index (κ3) is 4.12. The zero-order valence-electron chi connectivity index (χ0n) is 13.9. The summed E-state index contributed by atoms with van der Waals surface area (Å²) in [4.78, 5) is 0.180. The minimum Gasteiger partial charge on any atom is -0.486 e. The Hall–Kier alpha value is -2.09. The quantitative estimate of drug-likeness (QED) is 0.820. The Morgan fingerprint density at radius 3 is 2.44 bits per heavy atom. The van der Waals surface area contributed by atoms with Gasteiger partial charge in [0.2, 0.25) is 10.0 Å². The summed E-state index contributed by atoms with van der Waals surface area (Å²) in [7, 11) is -3.67. The first-order valence-corrected chi connectivity index (χ1v) is 9.64. The van der Waals surface area contributed by atoms with Crippen LogP contribution in [0.2, 0.25) is 0 Å². The lowest BCUT2D eigenvalue weighted by molar-refractivity contribution is 0.165. The zero-order chi connectivity index (χ0) is 17.9. The summed E-state index contributed by atoms with van der Waals surface area (Å²) in [6, 6.07) is 11.8. The number of aliphatic hydroxyl groups excluding tert-OH is 1. The molecule has 1 aliphatic heterocycles. The van der Waals surface area contributed by atoms with Crippen molar-refractivity contribution >= 4 is 10.0 Å². The van der Waals surface area contributed by atoms with E-state index in [1.807, 2.05) is 6.92 Å². The standard InChI is InChI=1S/C18H21NO5S/c1-2-13-3-6-15(7-4-13)25(21,22)19-12-16(20)14-5-8-17-18(11-14)24-10-9-23-17/h3-8,11,16,19-20H,2,9-10,12H2,1H3. The number of aryl methyl sites for hydroxylation is 1. The van der Waals surface area contributed by atoms with Gasteiger partial charge in [-0.15, -0.1) is 0 Å². The smallest absolute Gasteiger partial charge is 0.240 e. The first-order chi connectivity index (χ1) is 12.0. The van der Waals surface area contributed by atoms with Crippen LogP contribution in [0.25, 0.3) is 0 Å². The van der Waals surface area contributed by atoms with Crippen LogP contribution >= 0.6 is 0 Å². The van der Waals surface area contributed by atoms with Crippen molar-refractivity contribution in [3.8, 4) is 11.5 Å². The second-order valence-corrected chi connectivity index (χ2v) is 7.54. The van der Waals surface area contributed by atoms with Gasteiger partial charge in [0.05, 0.1) is 11.0 Å². The molecule has 2 aromatic carbocycles. The van der Waals surface area contributed by atoms with Crippen LogP contribution in [-0.4, -0.2) is 33.3 Å². The highest BCUT2D eigenvalue weighted by Crippen LogP contribution is 2.32. The Kier molecular flexibility index (Phi) is 5.27. The van der Waals surface area contributed by atoms with Gasteiger partial charge >= 0.3 is 0 Å². The molecule has 0 radical (unpaired) electrons. The normalized spacial score (nSPS) is 15.0. The maximum atomic E-state index is 12.3. The molecule has 0 aliphatic carbocycles. The number of benzene rings is 2. The van der Waals surface area contributed by atoms with Gasteiger partial charge in [0.25, 0.3) is 0 Å². The molecule has 25 heavy (non-hydrogen) atoms. The monoisotopic (exact) mass is 363 g/mol. The third-order valence-electron chi connectivity index (χ3n) is 4.06. The number of sulfonamides is 1. The highest BCUT2D eigenvalue weighted by molar-refractivity contribution is 7.89. The van der Waals surface area contributed by atoms with Crippen LogP contribution in [0.4, 0.5) is 0 Å². The van der Waals surface area contributed by atoms with E-state index in [-0.39, 0.29) is 11.4 Å². The number of hydrogen-bond donors (Lipinski definition) is 2. The maximum Gasteiger partial charge on any atom is 0.240 e. The Morgan fingerprint density at radius 2 is 1.76 bits per heavy atom. The molecule has 134 valence electrons. The summed E-state index contributed by atoms with van der Waals surface area (Å²) in [5, 5.41) is 10.3. The molecule has 0 bridgehead atoms. The highest BCUT2D eigenvalue weighted by Gasteiger charge is 2.19. The van der Waals surface area contributed by atoms with Crippen LogP contribution in [0.15, 0.2) is 47.4 Å². The average molecular weight is 363 g/mol. The number of ether oxygens (including phenoxy) is 2. The largest absolute Gasteiger partial charge is 0.486 e. The molecule has 0 amide bonds. The van der Waals surface area contributed by atoms with Crippen molar-refractivity contribution in [1.29, 1.82) is 0 Å². The number of nitrogens with one attached hydrogen (secondary N) is 1. The van der Waals surface area contributed by atoms with Gasteiger partial charge < -0.3 is 14.6 Å². The molecule has 0 saturated heterocycles. The van der Waals surface area contributed by atoms with Crippen molar-refractivity contribution in [2.75, 3.05) is 19.8 Å². The van der Waals surface area contributed by atoms with Crippen molar-refractivity contribution in [2.24, 2.45) is 0 Å². The van der Waals surface area contributed by atoms with Gasteiger partial charge in [-0.2, -0.15) is 0 Å². The number of fused-ring (bicyclic) bond motifs is 1. The van der Waals surface area contributed by atoms with E-state index in [2.05, 4.69) is 4.72 Å². The molecule has 7 heteroatoms. The Morgan fingerprint density at radius 1 is 1.08 bits per heavy atom. The minimum atomic E-state index is -3.67. The van der Waals surface area contributed by atoms with Gasteiger partial charge in [0.1, 0.15) is 13.2 Å². The van der Waals surface area contributed by atoms with E-state index in [1.165, 1.54) is 0 Å². The topological polar surface area (TPSA) is 84.9 Å². The van der Waals surface area contributed by atoms with E-state index in [0.717, 1.165) is 12.0 Å². The number of rotatable bonds is 6. The van der Waals surface area contributed by atoms with Crippen molar-refractivity contribution in [2.45, 2.75) is 24.3 Å². The fraction of sp³-hybridized carbons (Fsp3) is 0.333. The van der Waals surface area contributed by atoms with Crippen molar-refractivity contribution < 1.29 is 23.0 Å². The summed E-state index contributed by atoms with van der Waals surface area (Å²) < 4.78 is 38.0. The summed E-state index contributed by atoms with van der Waals surface area (Å²) >= 11 is 0. The predicted octanol–water partition coefficient (Wildman–Crippen LogP) is 2.03. The molecule has 2 N–H and O–H groups in total. The van der Waals surface area contributed by atoms with E-state index >= 15 is 0 Å². The Bertz CT molecular complexity index is 833. The van der Waals surface area contributed by atoms with Gasteiger partial charge in [0.15, 0.2) is 11.5 Å². The van der Waals surface area contributed by atoms with Crippen LogP contribution < -0.4 is 14.2 Å². The van der Waals surface area contributed by atoms with Crippen LogP contribution in [0, 0.1) is 0 Å². The second-order valence-electron chi connectivity index (χ2n) is 5.77. The van der Waals surface area contributed by atoms with Gasteiger partial charge in [0, 0.05) is 6.54 Å². The molecule has 0 fully saturated rings. The molecule has 1 aliphatic rings. The van der Waals surface area contributed by atoms with Crippen molar-refractivity contribution in [3.63, 3.8) is 0 Å². The Balaban J connectivity index is 1.67. The van der Waals surface area contributed by atoms with E-state index in [9.17, 15) is 13.5 Å². The van der Waals surface area contributed by atoms with Gasteiger partial charge in [-0.25, -0.2) is 13.1 Å². The van der Waals surface area contributed by atoms with E-state index in [4.69, 9.17) is 9.47 Å². The summed E-state index contributed by atoms with van der Waals surface area (Å²) in [6.45, 7) is 2.82. The lowest BCUT2D eigenvalue weighted by Crippen LogP contribution is -2.28. The fourth-order valence-corrected chi connectivity index (χ4v) is 3.60. The molecule has 6 nitrogen and oxygen atoms in total.